The monoisotopic (exact) mass is 244 g/mol. The first-order chi connectivity index (χ1) is 8.66. The van der Waals surface area contributed by atoms with E-state index in [2.05, 4.69) is 0 Å². The van der Waals surface area contributed by atoms with Gasteiger partial charge in [-0.25, -0.2) is 0 Å². The first-order valence-electron chi connectivity index (χ1n) is 5.37. The highest BCUT2D eigenvalue weighted by Crippen LogP contribution is 2.21. The average Bonchev–Trinajstić information content (AvgIpc) is 2.38. The molecule has 2 rings (SSSR count). The van der Waals surface area contributed by atoms with E-state index in [1.165, 1.54) is 12.1 Å². The van der Waals surface area contributed by atoms with Gasteiger partial charge >= 0.3 is 0 Å². The number of hydrogen-bond acceptors (Lipinski definition) is 4. The first kappa shape index (κ1) is 11.9. The molecule has 0 bridgehead atoms. The smallest absolute Gasteiger partial charge is 0.269 e. The van der Waals surface area contributed by atoms with Crippen molar-refractivity contribution in [3.63, 3.8) is 0 Å². The van der Waals surface area contributed by atoms with E-state index >= 15 is 0 Å². The zero-order chi connectivity index (χ0) is 13.0. The highest BCUT2D eigenvalue weighted by molar-refractivity contribution is 5.51. The fraction of sp³-hybridized carbons (Fsp3) is 0.0769. The summed E-state index contributed by atoms with van der Waals surface area (Å²) in [6.07, 6.45) is 0. The lowest BCUT2D eigenvalue weighted by atomic mass is 10.2. The van der Waals surface area contributed by atoms with Crippen molar-refractivity contribution in [2.45, 2.75) is 6.61 Å². The summed E-state index contributed by atoms with van der Waals surface area (Å²) in [7, 11) is 0. The molecule has 2 N–H and O–H groups in total. The molecule has 0 aliphatic heterocycles. The van der Waals surface area contributed by atoms with E-state index in [9.17, 15) is 10.1 Å². The van der Waals surface area contributed by atoms with Crippen LogP contribution >= 0.6 is 0 Å². The Balaban J connectivity index is 2.02. The molecule has 92 valence electrons. The Labute approximate surface area is 104 Å². The third-order valence-electron chi connectivity index (χ3n) is 2.46. The fourth-order valence-corrected chi connectivity index (χ4v) is 1.49. The van der Waals surface area contributed by atoms with Gasteiger partial charge in [0.1, 0.15) is 12.4 Å². The highest BCUT2D eigenvalue weighted by Gasteiger charge is 2.04. The van der Waals surface area contributed by atoms with Crippen molar-refractivity contribution in [2.24, 2.45) is 0 Å². The number of nitrogen functional groups attached to an aromatic ring is 1. The van der Waals surface area contributed by atoms with Crippen LogP contribution in [0, 0.1) is 10.1 Å². The van der Waals surface area contributed by atoms with E-state index < -0.39 is 4.92 Å². The predicted octanol–water partition coefficient (Wildman–Crippen LogP) is 2.76. The summed E-state index contributed by atoms with van der Waals surface area (Å²) < 4.78 is 5.53. The van der Waals surface area contributed by atoms with E-state index in [0.717, 1.165) is 5.56 Å². The number of nitro groups is 1. The van der Waals surface area contributed by atoms with Crippen LogP contribution in [0.5, 0.6) is 5.75 Å². The normalized spacial score (nSPS) is 10.0. The Morgan fingerprint density at radius 1 is 1.11 bits per heavy atom. The minimum atomic E-state index is -0.431. The summed E-state index contributed by atoms with van der Waals surface area (Å²) in [4.78, 5) is 10.1. The number of non-ortho nitro benzene ring substituents is 1. The topological polar surface area (TPSA) is 78.4 Å². The average molecular weight is 244 g/mol. The molecule has 0 saturated heterocycles. The van der Waals surface area contributed by atoms with E-state index in [1.54, 1.807) is 24.3 Å². The van der Waals surface area contributed by atoms with Crippen LogP contribution in [0.3, 0.4) is 0 Å². The number of ether oxygens (including phenoxy) is 1. The minimum absolute atomic E-state index is 0.0676. The molecule has 18 heavy (non-hydrogen) atoms. The van der Waals surface area contributed by atoms with Crippen molar-refractivity contribution in [3.05, 3.63) is 64.2 Å². The molecule has 0 fully saturated rings. The Bertz CT molecular complexity index is 552. The number of para-hydroxylation sites is 2. The van der Waals surface area contributed by atoms with Crippen molar-refractivity contribution in [2.75, 3.05) is 5.73 Å². The standard InChI is InChI=1S/C13H12N2O3/c14-12-3-1-2-4-13(12)18-9-10-5-7-11(8-6-10)15(16)17/h1-8H,9,14H2. The van der Waals surface area contributed by atoms with Gasteiger partial charge in [0.15, 0.2) is 0 Å². The Hall–Kier alpha value is -2.56. The molecule has 0 saturated carbocycles. The van der Waals surface area contributed by atoms with E-state index in [-0.39, 0.29) is 5.69 Å². The number of nitrogens with zero attached hydrogens (tertiary/aromatic N) is 1. The van der Waals surface area contributed by atoms with Gasteiger partial charge in [-0.3, -0.25) is 10.1 Å². The highest BCUT2D eigenvalue weighted by atomic mass is 16.6. The molecule has 0 unspecified atom stereocenters. The van der Waals surface area contributed by atoms with Crippen LogP contribution in [-0.4, -0.2) is 4.92 Å². The first-order valence-corrected chi connectivity index (χ1v) is 5.37. The maximum Gasteiger partial charge on any atom is 0.269 e. The lowest BCUT2D eigenvalue weighted by Gasteiger charge is -2.08. The molecule has 5 nitrogen and oxygen atoms in total. The van der Waals surface area contributed by atoms with Gasteiger partial charge in [0.05, 0.1) is 10.6 Å². The van der Waals surface area contributed by atoms with Crippen LogP contribution in [0.1, 0.15) is 5.56 Å². The maximum atomic E-state index is 10.5. The summed E-state index contributed by atoms with van der Waals surface area (Å²) >= 11 is 0. The zero-order valence-electron chi connectivity index (χ0n) is 9.58. The minimum Gasteiger partial charge on any atom is -0.487 e. The van der Waals surface area contributed by atoms with E-state index in [1.807, 2.05) is 12.1 Å². The molecule has 0 amide bonds. The summed E-state index contributed by atoms with van der Waals surface area (Å²) in [5, 5.41) is 10.5. The largest absolute Gasteiger partial charge is 0.487 e. The third kappa shape index (κ3) is 2.76. The summed E-state index contributed by atoms with van der Waals surface area (Å²) in [5.74, 6) is 0.607. The maximum absolute atomic E-state index is 10.5. The van der Waals surface area contributed by atoms with Crippen molar-refractivity contribution in [1.29, 1.82) is 0 Å². The van der Waals surface area contributed by atoms with Crippen LogP contribution in [0.4, 0.5) is 11.4 Å². The SMILES string of the molecule is Nc1ccccc1OCc1ccc([N+](=O)[O-])cc1. The molecule has 0 atom stereocenters. The van der Waals surface area contributed by atoms with Gasteiger partial charge in [-0.05, 0) is 29.8 Å². The van der Waals surface area contributed by atoms with Gasteiger partial charge in [0.2, 0.25) is 0 Å². The molecule has 0 aliphatic carbocycles. The lowest BCUT2D eigenvalue weighted by Crippen LogP contribution is -1.98. The number of benzene rings is 2. The van der Waals surface area contributed by atoms with E-state index in [4.69, 9.17) is 10.5 Å². The van der Waals surface area contributed by atoms with Gasteiger partial charge in [-0.1, -0.05) is 12.1 Å². The third-order valence-corrected chi connectivity index (χ3v) is 2.46. The molecule has 5 heteroatoms. The van der Waals surface area contributed by atoms with Crippen LogP contribution in [0.2, 0.25) is 0 Å². The van der Waals surface area contributed by atoms with E-state index in [0.29, 0.717) is 18.0 Å². The van der Waals surface area contributed by atoms with Crippen molar-refractivity contribution < 1.29 is 9.66 Å². The van der Waals surface area contributed by atoms with Crippen LogP contribution in [0.15, 0.2) is 48.5 Å². The molecule has 2 aromatic rings. The van der Waals surface area contributed by atoms with Gasteiger partial charge in [0, 0.05) is 12.1 Å². The Kier molecular flexibility index (Phi) is 3.43. The van der Waals surface area contributed by atoms with Gasteiger partial charge in [-0.2, -0.15) is 0 Å². The molecule has 0 radical (unpaired) electrons. The number of hydrogen-bond donors (Lipinski definition) is 1. The number of nitro benzene ring substituents is 1. The second kappa shape index (κ2) is 5.18. The Morgan fingerprint density at radius 3 is 2.39 bits per heavy atom. The number of rotatable bonds is 4. The van der Waals surface area contributed by atoms with Crippen molar-refractivity contribution in [3.8, 4) is 5.75 Å². The van der Waals surface area contributed by atoms with Crippen LogP contribution in [-0.2, 0) is 6.61 Å². The predicted molar refractivity (Wildman–Crippen MR) is 68.3 cm³/mol. The molecule has 0 spiro atoms. The van der Waals surface area contributed by atoms with Gasteiger partial charge < -0.3 is 10.5 Å². The molecule has 0 heterocycles. The van der Waals surface area contributed by atoms with Gasteiger partial charge in [0.25, 0.3) is 5.69 Å². The summed E-state index contributed by atoms with van der Waals surface area (Å²) in [6, 6.07) is 13.4. The van der Waals surface area contributed by atoms with Crippen molar-refractivity contribution >= 4 is 11.4 Å². The summed E-state index contributed by atoms with van der Waals surface area (Å²) in [6.45, 7) is 0.326. The quantitative estimate of drug-likeness (QED) is 0.509. The second-order valence-corrected chi connectivity index (χ2v) is 3.75. The number of nitrogens with two attached hydrogens (primary N) is 1. The molecule has 0 aliphatic rings. The lowest BCUT2D eigenvalue weighted by molar-refractivity contribution is -0.384. The summed E-state index contributed by atoms with van der Waals surface area (Å²) in [5.41, 5.74) is 7.22. The molecule has 2 aromatic carbocycles. The zero-order valence-corrected chi connectivity index (χ0v) is 9.58. The van der Waals surface area contributed by atoms with Crippen LogP contribution < -0.4 is 10.5 Å². The van der Waals surface area contributed by atoms with Crippen LogP contribution in [0.25, 0.3) is 0 Å². The number of anilines is 1. The molecular formula is C13H12N2O3. The van der Waals surface area contributed by atoms with Gasteiger partial charge in [-0.15, -0.1) is 0 Å². The fourth-order valence-electron chi connectivity index (χ4n) is 1.49. The second-order valence-electron chi connectivity index (χ2n) is 3.75. The molecular weight excluding hydrogens is 232 g/mol. The van der Waals surface area contributed by atoms with Crippen molar-refractivity contribution in [1.82, 2.24) is 0 Å². The Morgan fingerprint density at radius 2 is 1.78 bits per heavy atom. The molecule has 0 aromatic heterocycles.